The van der Waals surface area contributed by atoms with Gasteiger partial charge in [0.25, 0.3) is 5.91 Å². The second-order valence-electron chi connectivity index (χ2n) is 3.93. The third-order valence-electron chi connectivity index (χ3n) is 2.65. The molecule has 0 radical (unpaired) electrons. The molecule has 0 aromatic heterocycles. The summed E-state index contributed by atoms with van der Waals surface area (Å²) in [6, 6.07) is 10.6. The van der Waals surface area contributed by atoms with Gasteiger partial charge in [0.15, 0.2) is 0 Å². The number of thioether (sulfide) groups is 1. The van der Waals surface area contributed by atoms with Gasteiger partial charge in [-0.3, -0.25) is 14.5 Å². The Morgan fingerprint density at radius 1 is 1.42 bits per heavy atom. The molecular formula is C13H11N3O2S. The minimum absolute atomic E-state index is 0.166. The molecule has 1 aliphatic rings. The highest BCUT2D eigenvalue weighted by molar-refractivity contribution is 8.05. The predicted octanol–water partition coefficient (Wildman–Crippen LogP) is 1.38. The quantitative estimate of drug-likeness (QED) is 0.651. The highest BCUT2D eigenvalue weighted by atomic mass is 32.2. The van der Waals surface area contributed by atoms with Crippen molar-refractivity contribution in [1.82, 2.24) is 0 Å². The van der Waals surface area contributed by atoms with Crippen molar-refractivity contribution < 1.29 is 9.59 Å². The minimum atomic E-state index is -0.826. The van der Waals surface area contributed by atoms with Crippen LogP contribution in [0.25, 0.3) is 0 Å². The molecule has 19 heavy (non-hydrogen) atoms. The number of primary amides is 1. The molecule has 2 N–H and O–H groups in total. The van der Waals surface area contributed by atoms with Gasteiger partial charge in [0.05, 0.1) is 5.25 Å². The molecule has 0 unspecified atom stereocenters. The van der Waals surface area contributed by atoms with E-state index in [9.17, 15) is 9.59 Å². The Balaban J connectivity index is 2.58. The lowest BCUT2D eigenvalue weighted by molar-refractivity contribution is -0.116. The van der Waals surface area contributed by atoms with Gasteiger partial charge in [-0.1, -0.05) is 30.0 Å². The highest BCUT2D eigenvalue weighted by Crippen LogP contribution is 2.40. The Kier molecular flexibility index (Phi) is 3.58. The Hall–Kier alpha value is -2.26. The summed E-state index contributed by atoms with van der Waals surface area (Å²) in [6.45, 7) is 1.73. The van der Waals surface area contributed by atoms with E-state index in [0.717, 1.165) is 0 Å². The van der Waals surface area contributed by atoms with Gasteiger partial charge in [0.1, 0.15) is 16.7 Å². The van der Waals surface area contributed by atoms with E-state index < -0.39 is 5.91 Å². The summed E-state index contributed by atoms with van der Waals surface area (Å²) >= 11 is 1.17. The molecule has 1 saturated heterocycles. The number of carbonyl (C=O) groups is 2. The standard InChI is InChI=1S/C13H11N3O2S/c1-8-12(18)16(9-5-3-2-4-6-9)13(19-8)10(7-14)11(15)17/h2-6,8H,1H3,(H2,15,17)/b13-10+/t8-/m0/s1. The van der Waals surface area contributed by atoms with Crippen molar-refractivity contribution in [3.05, 3.63) is 40.9 Å². The van der Waals surface area contributed by atoms with Crippen LogP contribution in [0.15, 0.2) is 40.9 Å². The van der Waals surface area contributed by atoms with Gasteiger partial charge in [0, 0.05) is 5.69 Å². The summed E-state index contributed by atoms with van der Waals surface area (Å²) in [7, 11) is 0. The second kappa shape index (κ2) is 5.16. The lowest BCUT2D eigenvalue weighted by atomic mass is 10.2. The van der Waals surface area contributed by atoms with Crippen molar-refractivity contribution in [2.75, 3.05) is 4.90 Å². The molecule has 0 bridgehead atoms. The Morgan fingerprint density at radius 3 is 2.58 bits per heavy atom. The number of nitriles is 1. The van der Waals surface area contributed by atoms with Gasteiger partial charge < -0.3 is 5.73 Å². The van der Waals surface area contributed by atoms with E-state index in [2.05, 4.69) is 0 Å². The van der Waals surface area contributed by atoms with Crippen molar-refractivity contribution in [3.63, 3.8) is 0 Å². The van der Waals surface area contributed by atoms with E-state index in [0.29, 0.717) is 10.7 Å². The molecule has 96 valence electrons. The fraction of sp³-hybridized carbons (Fsp3) is 0.154. The van der Waals surface area contributed by atoms with E-state index in [1.54, 1.807) is 37.3 Å². The van der Waals surface area contributed by atoms with Crippen molar-refractivity contribution in [2.24, 2.45) is 5.73 Å². The first kappa shape index (κ1) is 13.2. The van der Waals surface area contributed by atoms with Gasteiger partial charge in [-0.15, -0.1) is 0 Å². The predicted molar refractivity (Wildman–Crippen MR) is 72.8 cm³/mol. The van der Waals surface area contributed by atoms with Crippen LogP contribution in [-0.4, -0.2) is 17.1 Å². The van der Waals surface area contributed by atoms with Gasteiger partial charge in [-0.05, 0) is 19.1 Å². The van der Waals surface area contributed by atoms with Gasteiger partial charge in [-0.25, -0.2) is 0 Å². The third-order valence-corrected chi connectivity index (χ3v) is 3.81. The third kappa shape index (κ3) is 2.33. The second-order valence-corrected chi connectivity index (χ2v) is 5.25. The molecular weight excluding hydrogens is 262 g/mol. The molecule has 1 atom stereocenters. The molecule has 1 aromatic carbocycles. The first-order valence-corrected chi connectivity index (χ1v) is 6.44. The van der Waals surface area contributed by atoms with Crippen LogP contribution >= 0.6 is 11.8 Å². The van der Waals surface area contributed by atoms with Gasteiger partial charge >= 0.3 is 0 Å². The number of amides is 2. The number of hydrogen-bond acceptors (Lipinski definition) is 4. The van der Waals surface area contributed by atoms with Crippen LogP contribution in [0.1, 0.15) is 6.92 Å². The van der Waals surface area contributed by atoms with Crippen LogP contribution in [0.2, 0.25) is 0 Å². The van der Waals surface area contributed by atoms with E-state index in [1.165, 1.54) is 16.7 Å². The molecule has 6 heteroatoms. The summed E-state index contributed by atoms with van der Waals surface area (Å²) in [4.78, 5) is 24.8. The molecule has 2 amide bonds. The fourth-order valence-corrected chi connectivity index (χ4v) is 2.86. The van der Waals surface area contributed by atoms with Crippen molar-refractivity contribution in [2.45, 2.75) is 12.2 Å². The summed E-state index contributed by atoms with van der Waals surface area (Å²) in [5.41, 5.74) is 5.62. The normalized spacial score (nSPS) is 21.2. The number of carbonyl (C=O) groups excluding carboxylic acids is 2. The zero-order valence-corrected chi connectivity index (χ0v) is 11.0. The molecule has 2 rings (SSSR count). The largest absolute Gasteiger partial charge is 0.365 e. The number of nitrogens with two attached hydrogens (primary N) is 1. The van der Waals surface area contributed by atoms with E-state index in [-0.39, 0.29) is 16.7 Å². The Bertz CT molecular complexity index is 604. The Morgan fingerprint density at radius 2 is 2.05 bits per heavy atom. The zero-order chi connectivity index (χ0) is 14.0. The Labute approximate surface area is 114 Å². The number of benzene rings is 1. The number of rotatable bonds is 2. The summed E-state index contributed by atoms with van der Waals surface area (Å²) in [5.74, 6) is -0.993. The zero-order valence-electron chi connectivity index (χ0n) is 10.2. The molecule has 1 heterocycles. The van der Waals surface area contributed by atoms with Crippen molar-refractivity contribution in [3.8, 4) is 6.07 Å². The maximum Gasteiger partial charge on any atom is 0.262 e. The molecule has 0 aliphatic carbocycles. The molecule has 1 aliphatic heterocycles. The van der Waals surface area contributed by atoms with Crippen LogP contribution in [0.5, 0.6) is 0 Å². The average Bonchev–Trinajstić information content (AvgIpc) is 2.67. The van der Waals surface area contributed by atoms with Crippen LogP contribution in [-0.2, 0) is 9.59 Å². The summed E-state index contributed by atoms with van der Waals surface area (Å²) in [6.07, 6.45) is 0. The van der Waals surface area contributed by atoms with Crippen LogP contribution in [0.3, 0.4) is 0 Å². The van der Waals surface area contributed by atoms with E-state index in [4.69, 9.17) is 11.0 Å². The smallest absolute Gasteiger partial charge is 0.262 e. The highest BCUT2D eigenvalue weighted by Gasteiger charge is 2.37. The molecule has 0 saturated carbocycles. The first-order valence-electron chi connectivity index (χ1n) is 5.56. The lowest BCUT2D eigenvalue weighted by Gasteiger charge is -2.17. The van der Waals surface area contributed by atoms with E-state index >= 15 is 0 Å². The number of para-hydroxylation sites is 1. The SMILES string of the molecule is C[C@@H]1S/C(=C(\C#N)C(N)=O)N(c2ccccc2)C1=O. The van der Waals surface area contributed by atoms with Crippen LogP contribution in [0, 0.1) is 11.3 Å². The molecule has 5 nitrogen and oxygen atoms in total. The lowest BCUT2D eigenvalue weighted by Crippen LogP contribution is -2.29. The van der Waals surface area contributed by atoms with Gasteiger partial charge in [0.2, 0.25) is 5.91 Å². The molecule has 1 fully saturated rings. The maximum absolute atomic E-state index is 12.2. The van der Waals surface area contributed by atoms with Crippen molar-refractivity contribution >= 4 is 29.3 Å². The monoisotopic (exact) mass is 273 g/mol. The van der Waals surface area contributed by atoms with Crippen molar-refractivity contribution in [1.29, 1.82) is 5.26 Å². The maximum atomic E-state index is 12.2. The van der Waals surface area contributed by atoms with Crippen LogP contribution < -0.4 is 10.6 Å². The first-order chi connectivity index (χ1) is 9.06. The topological polar surface area (TPSA) is 87.2 Å². The average molecular weight is 273 g/mol. The summed E-state index contributed by atoms with van der Waals surface area (Å²) in [5, 5.41) is 8.99. The fourth-order valence-electron chi connectivity index (χ4n) is 1.75. The molecule has 1 aromatic rings. The number of nitrogens with zero attached hydrogens (tertiary/aromatic N) is 2. The number of hydrogen-bond donors (Lipinski definition) is 1. The number of anilines is 1. The molecule has 0 spiro atoms. The van der Waals surface area contributed by atoms with Gasteiger partial charge in [-0.2, -0.15) is 5.26 Å². The minimum Gasteiger partial charge on any atom is -0.365 e. The van der Waals surface area contributed by atoms with Crippen LogP contribution in [0.4, 0.5) is 5.69 Å². The summed E-state index contributed by atoms with van der Waals surface area (Å²) < 4.78 is 0. The van der Waals surface area contributed by atoms with E-state index in [1.807, 2.05) is 6.07 Å².